The first-order valence-corrected chi connectivity index (χ1v) is 6.14. The van der Waals surface area contributed by atoms with Gasteiger partial charge in [-0.3, -0.25) is 0 Å². The monoisotopic (exact) mass is 266 g/mol. The summed E-state index contributed by atoms with van der Waals surface area (Å²) in [7, 11) is 0. The summed E-state index contributed by atoms with van der Waals surface area (Å²) in [4.78, 5) is 0. The van der Waals surface area contributed by atoms with Crippen molar-refractivity contribution in [3.05, 3.63) is 0 Å². The lowest BCUT2D eigenvalue weighted by molar-refractivity contribution is 0.234. The summed E-state index contributed by atoms with van der Waals surface area (Å²) in [5, 5.41) is 0. The van der Waals surface area contributed by atoms with Gasteiger partial charge in [0, 0.05) is 3.92 Å². The van der Waals surface area contributed by atoms with Crippen molar-refractivity contribution in [2.24, 2.45) is 11.8 Å². The third-order valence-corrected chi connectivity index (χ3v) is 4.01. The molecule has 0 saturated heterocycles. The maximum absolute atomic E-state index is 2.60. The molecular formula is C10H19I. The van der Waals surface area contributed by atoms with E-state index in [1.807, 2.05) is 0 Å². The zero-order chi connectivity index (χ0) is 8.27. The summed E-state index contributed by atoms with van der Waals surface area (Å²) in [6, 6.07) is 0. The Hall–Kier alpha value is 0.730. The Kier molecular flexibility index (Phi) is 4.18. The summed E-state index contributed by atoms with van der Waals surface area (Å²) in [5.74, 6) is 2.06. The van der Waals surface area contributed by atoms with Gasteiger partial charge in [-0.25, -0.2) is 0 Å². The average Bonchev–Trinajstić information content (AvgIpc) is 2.04. The van der Waals surface area contributed by atoms with Gasteiger partial charge in [-0.05, 0) is 18.3 Å². The molecule has 1 aliphatic carbocycles. The van der Waals surface area contributed by atoms with Crippen LogP contribution in [0.5, 0.6) is 0 Å². The van der Waals surface area contributed by atoms with Crippen molar-refractivity contribution < 1.29 is 0 Å². The molecule has 1 rings (SSSR count). The summed E-state index contributed by atoms with van der Waals surface area (Å²) in [6.45, 7) is 4.72. The van der Waals surface area contributed by atoms with Crippen LogP contribution in [0.3, 0.4) is 0 Å². The second-order valence-corrected chi connectivity index (χ2v) is 5.76. The maximum atomic E-state index is 2.60. The Balaban J connectivity index is 2.44. The molecule has 1 fully saturated rings. The summed E-state index contributed by atoms with van der Waals surface area (Å²) < 4.78 is 0.887. The lowest BCUT2D eigenvalue weighted by atomic mass is 9.76. The van der Waals surface area contributed by atoms with E-state index in [2.05, 4.69) is 36.4 Å². The Labute approximate surface area is 84.3 Å². The van der Waals surface area contributed by atoms with E-state index in [1.54, 1.807) is 0 Å². The Morgan fingerprint density at radius 2 is 2.00 bits per heavy atom. The third-order valence-electron chi connectivity index (χ3n) is 3.08. The lowest BCUT2D eigenvalue weighted by Gasteiger charge is -2.32. The van der Waals surface area contributed by atoms with Crippen molar-refractivity contribution in [1.29, 1.82) is 0 Å². The van der Waals surface area contributed by atoms with Crippen molar-refractivity contribution in [2.75, 3.05) is 0 Å². The van der Waals surface area contributed by atoms with E-state index in [0.717, 1.165) is 15.8 Å². The van der Waals surface area contributed by atoms with Crippen LogP contribution in [-0.2, 0) is 0 Å². The minimum atomic E-state index is 0.887. The van der Waals surface area contributed by atoms with E-state index < -0.39 is 0 Å². The normalized spacial score (nSPS) is 35.2. The largest absolute Gasteiger partial charge is 0.0826 e. The lowest BCUT2D eigenvalue weighted by Crippen LogP contribution is -2.24. The van der Waals surface area contributed by atoms with Gasteiger partial charge < -0.3 is 0 Å². The summed E-state index contributed by atoms with van der Waals surface area (Å²) in [6.07, 6.45) is 7.35. The average molecular weight is 266 g/mol. The molecule has 3 atom stereocenters. The standard InChI is InChI=1S/C10H19I/c1-3-9-6-4-5-7-10(9)8(2)11/h8-10H,3-7H2,1-2H3/t8?,9-,10+/m0/s1. The van der Waals surface area contributed by atoms with Crippen LogP contribution in [0.15, 0.2) is 0 Å². The number of hydrogen-bond donors (Lipinski definition) is 0. The topological polar surface area (TPSA) is 0 Å². The van der Waals surface area contributed by atoms with Crippen LogP contribution in [0.4, 0.5) is 0 Å². The molecule has 1 unspecified atom stereocenters. The predicted octanol–water partition coefficient (Wildman–Crippen LogP) is 4.03. The van der Waals surface area contributed by atoms with Gasteiger partial charge in [0.15, 0.2) is 0 Å². The van der Waals surface area contributed by atoms with Crippen LogP contribution in [0.1, 0.15) is 46.0 Å². The molecule has 1 heteroatoms. The fraction of sp³-hybridized carbons (Fsp3) is 1.00. The van der Waals surface area contributed by atoms with Gasteiger partial charge in [0.2, 0.25) is 0 Å². The van der Waals surface area contributed by atoms with Gasteiger partial charge in [-0.2, -0.15) is 0 Å². The Morgan fingerprint density at radius 1 is 1.36 bits per heavy atom. The van der Waals surface area contributed by atoms with Crippen molar-refractivity contribution in [1.82, 2.24) is 0 Å². The molecule has 1 saturated carbocycles. The van der Waals surface area contributed by atoms with Gasteiger partial charge in [0.05, 0.1) is 0 Å². The van der Waals surface area contributed by atoms with E-state index in [-0.39, 0.29) is 0 Å². The van der Waals surface area contributed by atoms with E-state index in [9.17, 15) is 0 Å². The molecule has 0 heterocycles. The fourth-order valence-corrected chi connectivity index (χ4v) is 3.29. The van der Waals surface area contributed by atoms with Crippen LogP contribution >= 0.6 is 22.6 Å². The highest BCUT2D eigenvalue weighted by Gasteiger charge is 2.26. The Bertz CT molecular complexity index is 109. The molecule has 1 aliphatic rings. The maximum Gasteiger partial charge on any atom is 0.0112 e. The molecule has 0 aromatic carbocycles. The highest BCUT2D eigenvalue weighted by Crippen LogP contribution is 2.36. The SMILES string of the molecule is CC[C@H]1CCCC[C@@H]1C(C)I. The van der Waals surface area contributed by atoms with Crippen LogP contribution < -0.4 is 0 Å². The molecular weight excluding hydrogens is 247 g/mol. The van der Waals surface area contributed by atoms with E-state index in [1.165, 1.54) is 32.1 Å². The second-order valence-electron chi connectivity index (χ2n) is 3.79. The van der Waals surface area contributed by atoms with Crippen molar-refractivity contribution in [2.45, 2.75) is 49.9 Å². The first kappa shape index (κ1) is 9.82. The molecule has 0 N–H and O–H groups in total. The highest BCUT2D eigenvalue weighted by molar-refractivity contribution is 14.1. The number of hydrogen-bond acceptors (Lipinski definition) is 0. The quantitative estimate of drug-likeness (QED) is 0.523. The van der Waals surface area contributed by atoms with E-state index in [0.29, 0.717) is 0 Å². The van der Waals surface area contributed by atoms with Gasteiger partial charge in [-0.15, -0.1) is 0 Å². The molecule has 11 heavy (non-hydrogen) atoms. The first-order valence-electron chi connectivity index (χ1n) is 4.89. The van der Waals surface area contributed by atoms with Crippen molar-refractivity contribution in [3.8, 4) is 0 Å². The zero-order valence-electron chi connectivity index (χ0n) is 7.65. The Morgan fingerprint density at radius 3 is 2.45 bits per heavy atom. The van der Waals surface area contributed by atoms with Crippen LogP contribution in [0.2, 0.25) is 0 Å². The smallest absolute Gasteiger partial charge is 0.0112 e. The van der Waals surface area contributed by atoms with Crippen LogP contribution in [0.25, 0.3) is 0 Å². The molecule has 0 spiro atoms. The zero-order valence-corrected chi connectivity index (χ0v) is 9.80. The molecule has 0 radical (unpaired) electrons. The molecule has 0 aromatic rings. The minimum Gasteiger partial charge on any atom is -0.0826 e. The molecule has 0 aromatic heterocycles. The number of rotatable bonds is 2. The van der Waals surface area contributed by atoms with E-state index in [4.69, 9.17) is 0 Å². The fourth-order valence-electron chi connectivity index (χ4n) is 2.35. The van der Waals surface area contributed by atoms with Crippen molar-refractivity contribution >= 4 is 22.6 Å². The summed E-state index contributed by atoms with van der Waals surface area (Å²) >= 11 is 2.60. The predicted molar refractivity (Wildman–Crippen MR) is 59.2 cm³/mol. The van der Waals surface area contributed by atoms with Gasteiger partial charge >= 0.3 is 0 Å². The van der Waals surface area contributed by atoms with Gasteiger partial charge in [0.25, 0.3) is 0 Å². The minimum absolute atomic E-state index is 0.887. The molecule has 0 nitrogen and oxygen atoms in total. The van der Waals surface area contributed by atoms with Gasteiger partial charge in [0.1, 0.15) is 0 Å². The van der Waals surface area contributed by atoms with Gasteiger partial charge in [-0.1, -0.05) is 62.1 Å². The number of halogens is 1. The molecule has 0 aliphatic heterocycles. The molecule has 0 bridgehead atoms. The van der Waals surface area contributed by atoms with Crippen molar-refractivity contribution in [3.63, 3.8) is 0 Å². The summed E-state index contributed by atoms with van der Waals surface area (Å²) in [5.41, 5.74) is 0. The van der Waals surface area contributed by atoms with Crippen LogP contribution in [0, 0.1) is 11.8 Å². The third kappa shape index (κ3) is 2.60. The highest BCUT2D eigenvalue weighted by atomic mass is 127. The first-order chi connectivity index (χ1) is 5.25. The van der Waals surface area contributed by atoms with Crippen LogP contribution in [-0.4, -0.2) is 3.92 Å². The second kappa shape index (κ2) is 4.68. The van der Waals surface area contributed by atoms with E-state index >= 15 is 0 Å². The molecule has 66 valence electrons. The molecule has 0 amide bonds. The number of alkyl halides is 1.